The third-order valence-electron chi connectivity index (χ3n) is 5.92. The van der Waals surface area contributed by atoms with Crippen molar-refractivity contribution in [2.24, 2.45) is 0 Å². The number of benzene rings is 1. The van der Waals surface area contributed by atoms with Gasteiger partial charge < -0.3 is 18.7 Å². The molecule has 1 N–H and O–H groups in total. The first-order chi connectivity index (χ1) is 19.3. The lowest BCUT2D eigenvalue weighted by molar-refractivity contribution is 0.0950. The Bertz CT molecular complexity index is 1740. The summed E-state index contributed by atoms with van der Waals surface area (Å²) in [5, 5.41) is 12.2. The maximum atomic E-state index is 13.7. The van der Waals surface area contributed by atoms with Crippen molar-refractivity contribution in [2.45, 2.75) is 18.3 Å². The minimum Gasteiger partial charge on any atom is -0.479 e. The van der Waals surface area contributed by atoms with Gasteiger partial charge in [0.15, 0.2) is 28.6 Å². The number of para-hydroxylation sites is 1. The van der Waals surface area contributed by atoms with Gasteiger partial charge in [-0.1, -0.05) is 28.9 Å². The van der Waals surface area contributed by atoms with Crippen LogP contribution in [0.2, 0.25) is 5.02 Å². The van der Waals surface area contributed by atoms with E-state index in [1.807, 2.05) is 0 Å². The van der Waals surface area contributed by atoms with E-state index in [4.69, 9.17) is 30.3 Å². The highest BCUT2D eigenvalue weighted by atomic mass is 35.5. The number of methoxy groups -OCH3 is 3. The second kappa shape index (κ2) is 11.0. The lowest BCUT2D eigenvalue weighted by Crippen LogP contribution is -2.33. The second-order valence-electron chi connectivity index (χ2n) is 8.22. The first kappa shape index (κ1) is 27.2. The molecule has 0 aliphatic heterocycles. The van der Waals surface area contributed by atoms with Gasteiger partial charge >= 0.3 is 0 Å². The van der Waals surface area contributed by atoms with Gasteiger partial charge in [0.25, 0.3) is 0 Å². The van der Waals surface area contributed by atoms with Crippen molar-refractivity contribution >= 4 is 38.5 Å². The molecule has 0 unspecified atom stereocenters. The molecule has 0 amide bonds. The average Bonchev–Trinajstić information content (AvgIpc) is 3.57. The summed E-state index contributed by atoms with van der Waals surface area (Å²) in [6, 6.07) is 7.09. The number of hydrogen-bond donors (Lipinski definition) is 1. The number of ether oxygens (including phenoxy) is 3. The molecule has 4 heterocycles. The van der Waals surface area contributed by atoms with Crippen molar-refractivity contribution in [1.82, 2.24) is 39.9 Å². The second-order valence-corrected chi connectivity index (χ2v) is 10.7. The van der Waals surface area contributed by atoms with E-state index in [0.29, 0.717) is 16.0 Å². The quantitative estimate of drug-likeness (QED) is 0.252. The standard InChI is InChI=1S/C23H22ClN9O6S/c1-12(18(36-2)19-25-9-13(24)10-26-19)40(34,35)32-23-30-29-20(16-14-7-5-6-8-15(14)39-31-16)33(23)17-21(37-3)27-11-28-22(17)38-4/h5-12,18H,1-4H3,(H,30,32)/t12-,18-/m0/s1. The lowest BCUT2D eigenvalue weighted by Gasteiger charge is -2.22. The van der Waals surface area contributed by atoms with E-state index in [1.54, 1.807) is 24.3 Å². The number of halogens is 1. The summed E-state index contributed by atoms with van der Waals surface area (Å²) in [6.07, 6.45) is 2.88. The van der Waals surface area contributed by atoms with Crippen LogP contribution in [0.3, 0.4) is 0 Å². The Labute approximate surface area is 232 Å². The third-order valence-corrected chi connectivity index (χ3v) is 7.80. The molecule has 208 valence electrons. The van der Waals surface area contributed by atoms with Crippen LogP contribution in [0.5, 0.6) is 11.8 Å². The molecular formula is C23H22ClN9O6S. The maximum Gasteiger partial charge on any atom is 0.245 e. The van der Waals surface area contributed by atoms with Crippen LogP contribution in [0.4, 0.5) is 5.95 Å². The van der Waals surface area contributed by atoms with E-state index in [1.165, 1.54) is 51.5 Å². The van der Waals surface area contributed by atoms with Gasteiger partial charge in [0.2, 0.25) is 27.7 Å². The van der Waals surface area contributed by atoms with E-state index in [0.717, 1.165) is 0 Å². The molecule has 4 aromatic heterocycles. The summed E-state index contributed by atoms with van der Waals surface area (Å²) in [5.74, 6) is 0.107. The molecule has 2 atom stereocenters. The molecule has 0 saturated carbocycles. The number of rotatable bonds is 10. The van der Waals surface area contributed by atoms with Gasteiger partial charge in [0.1, 0.15) is 17.7 Å². The third kappa shape index (κ3) is 4.87. The molecule has 0 aliphatic rings. The summed E-state index contributed by atoms with van der Waals surface area (Å²) >= 11 is 5.89. The summed E-state index contributed by atoms with van der Waals surface area (Å²) in [4.78, 5) is 16.5. The van der Waals surface area contributed by atoms with Gasteiger partial charge in [0.05, 0.1) is 24.6 Å². The van der Waals surface area contributed by atoms with E-state index in [9.17, 15) is 8.42 Å². The smallest absolute Gasteiger partial charge is 0.245 e. The van der Waals surface area contributed by atoms with E-state index in [2.05, 4.69) is 40.0 Å². The van der Waals surface area contributed by atoms with Crippen LogP contribution in [0.25, 0.3) is 28.2 Å². The van der Waals surface area contributed by atoms with Crippen LogP contribution < -0.4 is 14.2 Å². The predicted octanol–water partition coefficient (Wildman–Crippen LogP) is 2.84. The van der Waals surface area contributed by atoms with Crippen molar-refractivity contribution in [3.63, 3.8) is 0 Å². The molecule has 0 bridgehead atoms. The zero-order valence-corrected chi connectivity index (χ0v) is 23.1. The van der Waals surface area contributed by atoms with Crippen molar-refractivity contribution in [1.29, 1.82) is 0 Å². The Kier molecular flexibility index (Phi) is 7.46. The average molecular weight is 588 g/mol. The van der Waals surface area contributed by atoms with Crippen molar-refractivity contribution < 1.29 is 27.2 Å². The normalized spacial score (nSPS) is 13.2. The van der Waals surface area contributed by atoms with Crippen molar-refractivity contribution in [3.05, 3.63) is 53.8 Å². The first-order valence-corrected chi connectivity index (χ1v) is 13.5. The Hall–Kier alpha value is -4.41. The molecule has 0 radical (unpaired) electrons. The van der Waals surface area contributed by atoms with Crippen LogP contribution >= 0.6 is 11.6 Å². The minimum absolute atomic E-state index is 0.0542. The van der Waals surface area contributed by atoms with E-state index >= 15 is 0 Å². The minimum atomic E-state index is -4.23. The Balaban J connectivity index is 1.65. The molecule has 15 nitrogen and oxygen atoms in total. The highest BCUT2D eigenvalue weighted by Gasteiger charge is 2.35. The molecule has 1 aromatic carbocycles. The molecule has 17 heteroatoms. The van der Waals surface area contributed by atoms with E-state index < -0.39 is 21.4 Å². The number of anilines is 1. The Morgan fingerprint density at radius 3 is 2.33 bits per heavy atom. The molecule has 0 fully saturated rings. The molecule has 5 rings (SSSR count). The van der Waals surface area contributed by atoms with Gasteiger partial charge in [-0.2, -0.15) is 9.97 Å². The summed E-state index contributed by atoms with van der Waals surface area (Å²) in [6.45, 7) is 1.44. The fourth-order valence-corrected chi connectivity index (χ4v) is 5.19. The summed E-state index contributed by atoms with van der Waals surface area (Å²) < 4.78 is 52.9. The summed E-state index contributed by atoms with van der Waals surface area (Å²) in [5.41, 5.74) is 0.880. The molecule has 5 aromatic rings. The van der Waals surface area contributed by atoms with Gasteiger partial charge in [-0.3, -0.25) is 4.72 Å². The van der Waals surface area contributed by atoms with Crippen molar-refractivity contribution in [3.8, 4) is 29.0 Å². The molecular weight excluding hydrogens is 566 g/mol. The van der Waals surface area contributed by atoms with Gasteiger partial charge in [0, 0.05) is 19.5 Å². The molecule has 0 aliphatic carbocycles. The van der Waals surface area contributed by atoms with Crippen LogP contribution in [0, 0.1) is 0 Å². The van der Waals surface area contributed by atoms with Crippen LogP contribution in [0.1, 0.15) is 18.9 Å². The largest absolute Gasteiger partial charge is 0.479 e. The number of nitrogens with zero attached hydrogens (tertiary/aromatic N) is 8. The Morgan fingerprint density at radius 2 is 1.68 bits per heavy atom. The van der Waals surface area contributed by atoms with Crippen LogP contribution in [0.15, 0.2) is 47.5 Å². The first-order valence-electron chi connectivity index (χ1n) is 11.5. The molecule has 0 saturated heterocycles. The van der Waals surface area contributed by atoms with Gasteiger partial charge in [-0.05, 0) is 19.1 Å². The number of aromatic nitrogens is 8. The number of hydrogen-bond acceptors (Lipinski definition) is 13. The number of fused-ring (bicyclic) bond motifs is 1. The fourth-order valence-electron chi connectivity index (χ4n) is 3.96. The maximum absolute atomic E-state index is 13.7. The van der Waals surface area contributed by atoms with Crippen LogP contribution in [-0.4, -0.2) is 74.9 Å². The van der Waals surface area contributed by atoms with Gasteiger partial charge in [-0.15, -0.1) is 10.2 Å². The topological polar surface area (TPSA) is 182 Å². The fraction of sp³-hybridized carbons (Fsp3) is 0.261. The predicted molar refractivity (Wildman–Crippen MR) is 142 cm³/mol. The lowest BCUT2D eigenvalue weighted by atomic mass is 10.2. The monoisotopic (exact) mass is 587 g/mol. The van der Waals surface area contributed by atoms with E-state index in [-0.39, 0.29) is 40.7 Å². The zero-order valence-electron chi connectivity index (χ0n) is 21.5. The van der Waals surface area contributed by atoms with Crippen LogP contribution in [-0.2, 0) is 14.8 Å². The zero-order chi connectivity index (χ0) is 28.4. The SMILES string of the molecule is COc1ncnc(OC)c1-n1c(NS(=O)(=O)[C@@H](C)[C@H](OC)c2ncc(Cl)cn2)nnc1-c1noc2ccccc12. The highest BCUT2D eigenvalue weighted by Crippen LogP contribution is 2.37. The van der Waals surface area contributed by atoms with Gasteiger partial charge in [-0.25, -0.2) is 23.0 Å². The summed E-state index contributed by atoms with van der Waals surface area (Å²) in [7, 11) is -0.0972. The van der Waals surface area contributed by atoms with Crippen molar-refractivity contribution in [2.75, 3.05) is 26.1 Å². The Morgan fingerprint density at radius 1 is 1.00 bits per heavy atom. The molecule has 0 spiro atoms. The number of sulfonamides is 1. The highest BCUT2D eigenvalue weighted by molar-refractivity contribution is 7.93. The molecule has 40 heavy (non-hydrogen) atoms. The number of nitrogens with one attached hydrogen (secondary N) is 1.